The van der Waals surface area contributed by atoms with Crippen LogP contribution in [-0.2, 0) is 0 Å². The molecule has 0 unspecified atom stereocenters. The third-order valence-corrected chi connectivity index (χ3v) is 3.03. The van der Waals surface area contributed by atoms with E-state index in [0.29, 0.717) is 0 Å². The second kappa shape index (κ2) is 7.28. The molecule has 6 heteroatoms. The van der Waals surface area contributed by atoms with Gasteiger partial charge in [-0.05, 0) is 24.8 Å². The van der Waals surface area contributed by atoms with E-state index in [1.165, 1.54) is 0 Å². The first-order chi connectivity index (χ1) is 6.89. The van der Waals surface area contributed by atoms with Crippen LogP contribution in [0.1, 0.15) is 5.56 Å². The fourth-order valence-corrected chi connectivity index (χ4v) is 1.77. The van der Waals surface area contributed by atoms with Crippen molar-refractivity contribution < 1.29 is 64.3 Å². The van der Waals surface area contributed by atoms with E-state index in [-0.39, 0.29) is 57.1 Å². The van der Waals surface area contributed by atoms with Gasteiger partial charge in [0.2, 0.25) is 0 Å². The van der Waals surface area contributed by atoms with E-state index in [9.17, 15) is 12.9 Å². The maximum absolute atomic E-state index is 12.2. The predicted molar refractivity (Wildman–Crippen MR) is 60.1 cm³/mol. The molecule has 1 rings (SSSR count). The molecule has 1 aromatic rings. The molecule has 0 nitrogen and oxygen atoms in total. The molecule has 0 aliphatic heterocycles. The summed E-state index contributed by atoms with van der Waals surface area (Å²) in [6.45, 7) is 0.0849. The fourth-order valence-electron chi connectivity index (χ4n) is 0.905. The van der Waals surface area contributed by atoms with Gasteiger partial charge in [0, 0.05) is 4.90 Å². The molecule has 16 heavy (non-hydrogen) atoms. The molecule has 0 N–H and O–H groups in total. The summed E-state index contributed by atoms with van der Waals surface area (Å²) in [6.07, 6.45) is 0. The SMILES string of the molecule is C=C(CSc1ccc(C)cc1)[B-](F)(F)F.[K+]. The summed E-state index contributed by atoms with van der Waals surface area (Å²) in [6, 6.07) is 7.39. The number of rotatable bonds is 4. The molecule has 0 atom stereocenters. The van der Waals surface area contributed by atoms with Crippen LogP contribution in [0, 0.1) is 6.92 Å². The molecule has 82 valence electrons. The number of thioether (sulfide) groups is 1. The minimum Gasteiger partial charge on any atom is -0.445 e. The Morgan fingerprint density at radius 3 is 2.19 bits per heavy atom. The van der Waals surface area contributed by atoms with Crippen molar-refractivity contribution >= 4 is 18.7 Å². The Hall–Kier alpha value is 0.801. The Bertz CT molecular complexity index is 348. The Labute approximate surface area is 141 Å². The molecule has 0 aliphatic rings. The van der Waals surface area contributed by atoms with Crippen LogP contribution in [0.15, 0.2) is 41.2 Å². The van der Waals surface area contributed by atoms with Gasteiger partial charge in [-0.2, -0.15) is 0 Å². The maximum atomic E-state index is 12.2. The van der Waals surface area contributed by atoms with Crippen molar-refractivity contribution in [2.45, 2.75) is 11.8 Å². The van der Waals surface area contributed by atoms with Gasteiger partial charge in [-0.15, -0.1) is 23.8 Å². The van der Waals surface area contributed by atoms with Crippen molar-refractivity contribution in [1.82, 2.24) is 0 Å². The normalized spacial score (nSPS) is 10.8. The summed E-state index contributed by atoms with van der Waals surface area (Å²) < 4.78 is 36.5. The minimum absolute atomic E-state index is 0. The summed E-state index contributed by atoms with van der Waals surface area (Å²) in [5.41, 5.74) is 0.457. The zero-order chi connectivity index (χ0) is 11.5. The Morgan fingerprint density at radius 1 is 1.25 bits per heavy atom. The van der Waals surface area contributed by atoms with Crippen LogP contribution in [0.25, 0.3) is 0 Å². The monoisotopic (exact) mass is 270 g/mol. The summed E-state index contributed by atoms with van der Waals surface area (Å²) in [7, 11) is 0. The van der Waals surface area contributed by atoms with Gasteiger partial charge in [0.05, 0.1) is 0 Å². The van der Waals surface area contributed by atoms with E-state index >= 15 is 0 Å². The van der Waals surface area contributed by atoms with Crippen molar-refractivity contribution in [2.24, 2.45) is 0 Å². The third kappa shape index (κ3) is 5.93. The number of aryl methyl sites for hydroxylation is 1. The first-order valence-electron chi connectivity index (χ1n) is 4.46. The van der Waals surface area contributed by atoms with Gasteiger partial charge in [-0.25, -0.2) is 0 Å². The second-order valence-electron chi connectivity index (χ2n) is 3.33. The minimum atomic E-state index is -4.89. The Kier molecular flexibility index (Phi) is 7.65. The molecular formula is C10H11BF3KS. The van der Waals surface area contributed by atoms with Crippen molar-refractivity contribution in [3.8, 4) is 0 Å². The molecule has 0 radical (unpaired) electrons. The van der Waals surface area contributed by atoms with Crippen LogP contribution >= 0.6 is 11.8 Å². The van der Waals surface area contributed by atoms with E-state index in [2.05, 4.69) is 6.58 Å². The number of halogens is 3. The average Bonchev–Trinajstić information content (AvgIpc) is 2.15. The smallest absolute Gasteiger partial charge is 0.445 e. The molecule has 0 fully saturated rings. The van der Waals surface area contributed by atoms with Gasteiger partial charge in [-0.3, -0.25) is 0 Å². The van der Waals surface area contributed by atoms with Gasteiger partial charge < -0.3 is 12.9 Å². The van der Waals surface area contributed by atoms with Crippen LogP contribution in [0.2, 0.25) is 0 Å². The molecule has 0 aliphatic carbocycles. The standard InChI is InChI=1S/C10H11BF3S.K/c1-8-3-5-10(6-4-8)15-7-9(2)11(12,13)14;/h3-6H,2,7H2,1H3;/q-1;+1. The Morgan fingerprint density at radius 2 is 1.75 bits per heavy atom. The van der Waals surface area contributed by atoms with Gasteiger partial charge in [0.1, 0.15) is 0 Å². The number of hydrogen-bond donors (Lipinski definition) is 0. The van der Waals surface area contributed by atoms with Gasteiger partial charge >= 0.3 is 58.4 Å². The van der Waals surface area contributed by atoms with Crippen molar-refractivity contribution in [3.63, 3.8) is 0 Å². The number of hydrogen-bond acceptors (Lipinski definition) is 1. The zero-order valence-corrected chi connectivity index (χ0v) is 13.3. The van der Waals surface area contributed by atoms with Crippen LogP contribution in [0.4, 0.5) is 12.9 Å². The van der Waals surface area contributed by atoms with E-state index < -0.39 is 12.4 Å². The first-order valence-corrected chi connectivity index (χ1v) is 5.45. The van der Waals surface area contributed by atoms with Crippen LogP contribution < -0.4 is 51.4 Å². The largest absolute Gasteiger partial charge is 1.00 e. The Balaban J connectivity index is 0.00000225. The molecular weight excluding hydrogens is 259 g/mol. The topological polar surface area (TPSA) is 0 Å². The van der Waals surface area contributed by atoms with E-state index in [1.54, 1.807) is 0 Å². The number of benzene rings is 1. The molecule has 0 saturated carbocycles. The van der Waals surface area contributed by atoms with Crippen LogP contribution in [-0.4, -0.2) is 12.7 Å². The van der Waals surface area contributed by atoms with E-state index in [1.807, 2.05) is 31.2 Å². The maximum Gasteiger partial charge on any atom is 1.00 e. The van der Waals surface area contributed by atoms with Crippen LogP contribution in [0.5, 0.6) is 0 Å². The zero-order valence-electron chi connectivity index (χ0n) is 9.34. The van der Waals surface area contributed by atoms with Gasteiger partial charge in [-0.1, -0.05) is 17.7 Å². The van der Waals surface area contributed by atoms with Crippen molar-refractivity contribution in [1.29, 1.82) is 0 Å². The summed E-state index contributed by atoms with van der Waals surface area (Å²) >= 11 is 1.16. The molecule has 0 bridgehead atoms. The predicted octanol–water partition coefficient (Wildman–Crippen LogP) is 1.03. The molecule has 0 amide bonds. The quantitative estimate of drug-likeness (QED) is 0.582. The molecule has 1 aromatic carbocycles. The van der Waals surface area contributed by atoms with E-state index in [4.69, 9.17) is 0 Å². The fraction of sp³-hybridized carbons (Fsp3) is 0.200. The summed E-state index contributed by atoms with van der Waals surface area (Å²) in [5, 5.41) is 0. The molecule has 0 aromatic heterocycles. The van der Waals surface area contributed by atoms with Crippen molar-refractivity contribution in [3.05, 3.63) is 41.9 Å². The average molecular weight is 270 g/mol. The second-order valence-corrected chi connectivity index (χ2v) is 4.38. The molecule has 0 heterocycles. The molecule has 0 saturated heterocycles. The van der Waals surface area contributed by atoms with Gasteiger partial charge in [0.15, 0.2) is 0 Å². The summed E-state index contributed by atoms with van der Waals surface area (Å²) in [4.78, 5) is 0.835. The molecule has 0 spiro atoms. The van der Waals surface area contributed by atoms with Crippen molar-refractivity contribution in [2.75, 3.05) is 5.75 Å². The van der Waals surface area contributed by atoms with Gasteiger partial charge in [0.25, 0.3) is 0 Å². The first kappa shape index (κ1) is 16.8. The van der Waals surface area contributed by atoms with Crippen LogP contribution in [0.3, 0.4) is 0 Å². The summed E-state index contributed by atoms with van der Waals surface area (Å²) in [5.74, 6) is -0.0907. The third-order valence-electron chi connectivity index (χ3n) is 1.91. The van der Waals surface area contributed by atoms with E-state index in [0.717, 1.165) is 22.2 Å².